The van der Waals surface area contributed by atoms with Gasteiger partial charge in [0.1, 0.15) is 11.5 Å². The van der Waals surface area contributed by atoms with Crippen LogP contribution in [0.15, 0.2) is 78.9 Å². The highest BCUT2D eigenvalue weighted by molar-refractivity contribution is 7.92. The van der Waals surface area contributed by atoms with Crippen molar-refractivity contribution < 1.29 is 17.9 Å². The van der Waals surface area contributed by atoms with E-state index >= 15 is 0 Å². The quantitative estimate of drug-likeness (QED) is 0.624. The van der Waals surface area contributed by atoms with Crippen LogP contribution in [0.25, 0.3) is 0 Å². The monoisotopic (exact) mass is 436 g/mol. The Hall–Kier alpha value is -3.32. The Morgan fingerprint density at radius 2 is 1.68 bits per heavy atom. The van der Waals surface area contributed by atoms with Crippen molar-refractivity contribution in [2.75, 3.05) is 16.6 Å². The van der Waals surface area contributed by atoms with Gasteiger partial charge in [0.05, 0.1) is 11.4 Å². The Kier molecular flexibility index (Phi) is 6.23. The van der Waals surface area contributed by atoms with E-state index in [-0.39, 0.29) is 11.7 Å². The van der Waals surface area contributed by atoms with E-state index < -0.39 is 10.0 Å². The van der Waals surface area contributed by atoms with Crippen LogP contribution in [0, 0.1) is 0 Å². The number of para-hydroxylation sites is 1. The molecule has 0 bridgehead atoms. The zero-order valence-electron chi connectivity index (χ0n) is 17.0. The summed E-state index contributed by atoms with van der Waals surface area (Å²) in [5, 5.41) is 2.89. The maximum atomic E-state index is 12.7. The van der Waals surface area contributed by atoms with Crippen molar-refractivity contribution in [2.24, 2.45) is 0 Å². The van der Waals surface area contributed by atoms with Gasteiger partial charge in [0, 0.05) is 18.7 Å². The molecule has 0 saturated carbocycles. The summed E-state index contributed by atoms with van der Waals surface area (Å²) in [4.78, 5) is 12.7. The molecule has 0 atom stereocenters. The van der Waals surface area contributed by atoms with Crippen LogP contribution in [0.3, 0.4) is 0 Å². The first-order valence-corrected chi connectivity index (χ1v) is 11.8. The first-order valence-electron chi connectivity index (χ1n) is 10.2. The molecule has 6 nitrogen and oxygen atoms in total. The number of rotatable bonds is 6. The molecule has 1 aliphatic rings. The predicted octanol–water partition coefficient (Wildman–Crippen LogP) is 4.34. The maximum absolute atomic E-state index is 12.7. The van der Waals surface area contributed by atoms with Crippen LogP contribution in [0.1, 0.15) is 28.8 Å². The van der Waals surface area contributed by atoms with Crippen LogP contribution in [0.4, 0.5) is 5.69 Å². The molecule has 1 aliphatic heterocycles. The summed E-state index contributed by atoms with van der Waals surface area (Å²) in [5.74, 6) is 1.32. The number of benzene rings is 3. The molecule has 1 fully saturated rings. The standard InChI is InChI=1S/C24H24N2O4S/c27-24(20-9-7-10-21(17-20)26-14-4-5-15-31(26,28)29)25-18-19-8-6-13-23(16-19)30-22-11-2-1-3-12-22/h1-3,6-13,16-17H,4-5,14-15,18H2,(H,25,27). The highest BCUT2D eigenvalue weighted by atomic mass is 32.2. The highest BCUT2D eigenvalue weighted by Crippen LogP contribution is 2.25. The molecule has 31 heavy (non-hydrogen) atoms. The van der Waals surface area contributed by atoms with Gasteiger partial charge in [-0.1, -0.05) is 36.4 Å². The molecular formula is C24H24N2O4S. The molecule has 3 aromatic rings. The van der Waals surface area contributed by atoms with E-state index in [1.165, 1.54) is 4.31 Å². The second-order valence-corrected chi connectivity index (χ2v) is 9.40. The lowest BCUT2D eigenvalue weighted by Gasteiger charge is -2.28. The number of ether oxygens (including phenoxy) is 1. The van der Waals surface area contributed by atoms with Crippen molar-refractivity contribution in [1.82, 2.24) is 5.32 Å². The van der Waals surface area contributed by atoms with Crippen molar-refractivity contribution in [3.05, 3.63) is 90.0 Å². The van der Waals surface area contributed by atoms with Crippen LogP contribution in [-0.2, 0) is 16.6 Å². The van der Waals surface area contributed by atoms with Gasteiger partial charge in [0.25, 0.3) is 5.91 Å². The fraction of sp³-hybridized carbons (Fsp3) is 0.208. The molecule has 0 aromatic heterocycles. The zero-order valence-corrected chi connectivity index (χ0v) is 17.8. The first-order chi connectivity index (χ1) is 15.0. The van der Waals surface area contributed by atoms with Gasteiger partial charge in [-0.2, -0.15) is 0 Å². The summed E-state index contributed by atoms with van der Waals surface area (Å²) < 4.78 is 31.9. The van der Waals surface area contributed by atoms with Gasteiger partial charge in [-0.15, -0.1) is 0 Å². The normalized spacial score (nSPS) is 15.3. The van der Waals surface area contributed by atoms with E-state index in [0.29, 0.717) is 36.5 Å². The molecule has 1 heterocycles. The summed E-state index contributed by atoms with van der Waals surface area (Å²) >= 11 is 0. The third kappa shape index (κ3) is 5.24. The van der Waals surface area contributed by atoms with Crippen molar-refractivity contribution in [2.45, 2.75) is 19.4 Å². The summed E-state index contributed by atoms with van der Waals surface area (Å²) in [7, 11) is -3.32. The number of hydrogen-bond donors (Lipinski definition) is 1. The van der Waals surface area contributed by atoms with Crippen LogP contribution in [0.5, 0.6) is 11.5 Å². The lowest BCUT2D eigenvalue weighted by atomic mass is 10.1. The van der Waals surface area contributed by atoms with Gasteiger partial charge in [-0.25, -0.2) is 8.42 Å². The molecule has 1 N–H and O–H groups in total. The molecule has 1 saturated heterocycles. The molecule has 1 amide bonds. The van der Waals surface area contributed by atoms with Crippen LogP contribution in [-0.4, -0.2) is 26.6 Å². The number of amides is 1. The van der Waals surface area contributed by atoms with Gasteiger partial charge < -0.3 is 10.1 Å². The van der Waals surface area contributed by atoms with Crippen LogP contribution in [0.2, 0.25) is 0 Å². The lowest BCUT2D eigenvalue weighted by molar-refractivity contribution is 0.0951. The van der Waals surface area contributed by atoms with Crippen molar-refractivity contribution in [3.63, 3.8) is 0 Å². The number of nitrogens with zero attached hydrogens (tertiary/aromatic N) is 1. The minimum absolute atomic E-state index is 0.144. The molecule has 0 aliphatic carbocycles. The van der Waals surface area contributed by atoms with Crippen molar-refractivity contribution >= 4 is 21.6 Å². The lowest BCUT2D eigenvalue weighted by Crippen LogP contribution is -2.38. The average Bonchev–Trinajstić information content (AvgIpc) is 2.78. The smallest absolute Gasteiger partial charge is 0.251 e. The van der Waals surface area contributed by atoms with Crippen LogP contribution >= 0.6 is 0 Å². The SMILES string of the molecule is O=C(NCc1cccc(Oc2ccccc2)c1)c1cccc(N2CCCCS2(=O)=O)c1. The van der Waals surface area contributed by atoms with E-state index in [9.17, 15) is 13.2 Å². The number of nitrogens with one attached hydrogen (secondary N) is 1. The number of carbonyl (C=O) groups excluding carboxylic acids is 1. The molecule has 3 aromatic carbocycles. The molecule has 0 spiro atoms. The topological polar surface area (TPSA) is 75.7 Å². The highest BCUT2D eigenvalue weighted by Gasteiger charge is 2.26. The van der Waals surface area contributed by atoms with E-state index in [0.717, 1.165) is 17.7 Å². The number of anilines is 1. The first kappa shape index (κ1) is 20.9. The van der Waals surface area contributed by atoms with Crippen LogP contribution < -0.4 is 14.4 Å². The molecule has 0 radical (unpaired) electrons. The number of carbonyl (C=O) groups is 1. The Morgan fingerprint density at radius 3 is 2.48 bits per heavy atom. The average molecular weight is 437 g/mol. The predicted molar refractivity (Wildman–Crippen MR) is 121 cm³/mol. The molecular weight excluding hydrogens is 412 g/mol. The summed E-state index contributed by atoms with van der Waals surface area (Å²) in [6, 6.07) is 23.8. The zero-order chi connectivity index (χ0) is 21.7. The molecule has 7 heteroatoms. The third-order valence-corrected chi connectivity index (χ3v) is 6.95. The van der Waals surface area contributed by atoms with E-state index in [2.05, 4.69) is 5.32 Å². The second-order valence-electron chi connectivity index (χ2n) is 7.39. The third-order valence-electron chi connectivity index (χ3n) is 5.08. The largest absolute Gasteiger partial charge is 0.457 e. The Labute approximate surface area is 182 Å². The minimum Gasteiger partial charge on any atom is -0.457 e. The second kappa shape index (κ2) is 9.22. The number of sulfonamides is 1. The minimum atomic E-state index is -3.32. The maximum Gasteiger partial charge on any atom is 0.251 e. The van der Waals surface area contributed by atoms with Gasteiger partial charge in [-0.3, -0.25) is 9.10 Å². The van der Waals surface area contributed by atoms with Gasteiger partial charge in [0.2, 0.25) is 10.0 Å². The van der Waals surface area contributed by atoms with Crippen molar-refractivity contribution in [1.29, 1.82) is 0 Å². The summed E-state index contributed by atoms with van der Waals surface area (Å²) in [6.45, 7) is 0.776. The summed E-state index contributed by atoms with van der Waals surface area (Å²) in [5.41, 5.74) is 1.86. The Bertz CT molecular complexity index is 1160. The van der Waals surface area contributed by atoms with Gasteiger partial charge in [0.15, 0.2) is 0 Å². The van der Waals surface area contributed by atoms with Crippen molar-refractivity contribution in [3.8, 4) is 11.5 Å². The van der Waals surface area contributed by atoms with E-state index in [1.807, 2.05) is 54.6 Å². The number of hydrogen-bond acceptors (Lipinski definition) is 4. The van der Waals surface area contributed by atoms with E-state index in [1.54, 1.807) is 24.3 Å². The van der Waals surface area contributed by atoms with Gasteiger partial charge >= 0.3 is 0 Å². The molecule has 160 valence electrons. The van der Waals surface area contributed by atoms with E-state index in [4.69, 9.17) is 4.74 Å². The fourth-order valence-electron chi connectivity index (χ4n) is 3.51. The van der Waals surface area contributed by atoms with Gasteiger partial charge in [-0.05, 0) is 60.9 Å². The molecule has 4 rings (SSSR count). The molecule has 0 unspecified atom stereocenters. The fourth-order valence-corrected chi connectivity index (χ4v) is 5.14. The summed E-state index contributed by atoms with van der Waals surface area (Å²) in [6.07, 6.45) is 1.49. The Balaban J connectivity index is 1.42. The Morgan fingerprint density at radius 1 is 0.903 bits per heavy atom.